The summed E-state index contributed by atoms with van der Waals surface area (Å²) in [6.07, 6.45) is 38.3. The second-order valence-electron chi connectivity index (χ2n) is 18.9. The van der Waals surface area contributed by atoms with Crippen molar-refractivity contribution in [3.63, 3.8) is 0 Å². The number of hydrogen-bond donors (Lipinski definition) is 4. The van der Waals surface area contributed by atoms with Crippen LogP contribution in [0.3, 0.4) is 0 Å². The number of rotatable bonds is 46. The van der Waals surface area contributed by atoms with E-state index in [1.165, 1.54) is 167 Å². The van der Waals surface area contributed by atoms with Crippen molar-refractivity contribution >= 4 is 22.1 Å². The molecule has 1 fully saturated rings. The Hall–Kier alpha value is -1.61. The van der Waals surface area contributed by atoms with Gasteiger partial charge in [-0.2, -0.15) is 8.42 Å². The number of carbonyl (C=O) groups is 2. The molecule has 0 aromatic heterocycles. The zero-order chi connectivity index (χ0) is 47.6. The van der Waals surface area contributed by atoms with Crippen molar-refractivity contribution < 1.29 is 56.8 Å². The van der Waals surface area contributed by atoms with E-state index in [0.717, 1.165) is 44.9 Å². The molecule has 1 rings (SSSR count). The van der Waals surface area contributed by atoms with E-state index in [-0.39, 0.29) is 19.4 Å². The molecular formula is C52H98O12S. The molecule has 0 saturated carbocycles. The monoisotopic (exact) mass is 947 g/mol. The summed E-state index contributed by atoms with van der Waals surface area (Å²) >= 11 is 0. The maximum Gasteiger partial charge on any atom is 0.306 e. The minimum atomic E-state index is -4.60. The predicted molar refractivity (Wildman–Crippen MR) is 261 cm³/mol. The van der Waals surface area contributed by atoms with Gasteiger partial charge in [0.15, 0.2) is 12.4 Å². The third kappa shape index (κ3) is 37.0. The van der Waals surface area contributed by atoms with Gasteiger partial charge in [0.25, 0.3) is 10.1 Å². The Morgan fingerprint density at radius 2 is 0.877 bits per heavy atom. The standard InChI is InChI=1S/C52H98O12S/c1-3-5-7-9-11-13-15-17-19-20-21-22-23-24-25-27-28-30-32-34-36-38-40-47(53)61-42-45(43-62-52-51(57)50(56)49(55)46(64-52)44-65(58,59)60)63-48(54)41-39-37-35-33-31-29-26-18-16-14-12-10-8-6-4-2/h29,31,45-46,49-52,55-57H,3-28,30,32-44H2,1-2H3,(H,58,59,60)/b31-29+/t45-,46-,49-,50?,51?,52+/m1/s1. The molecule has 6 atom stereocenters. The largest absolute Gasteiger partial charge is 0.462 e. The second kappa shape index (κ2) is 42.5. The number of unbranched alkanes of at least 4 members (excludes halogenated alkanes) is 32. The number of hydrogen-bond acceptors (Lipinski definition) is 11. The molecule has 4 N–H and O–H groups in total. The fourth-order valence-corrected chi connectivity index (χ4v) is 9.13. The summed E-state index contributed by atoms with van der Waals surface area (Å²) in [5, 5.41) is 31.0. The second-order valence-corrected chi connectivity index (χ2v) is 20.4. The van der Waals surface area contributed by atoms with Crippen molar-refractivity contribution in [2.24, 2.45) is 0 Å². The summed E-state index contributed by atoms with van der Waals surface area (Å²) in [4.78, 5) is 25.5. The van der Waals surface area contributed by atoms with E-state index >= 15 is 0 Å². The molecule has 1 aliphatic heterocycles. The van der Waals surface area contributed by atoms with Crippen molar-refractivity contribution in [1.82, 2.24) is 0 Å². The van der Waals surface area contributed by atoms with E-state index in [1.807, 2.05) is 0 Å². The molecule has 0 bridgehead atoms. The predicted octanol–water partition coefficient (Wildman–Crippen LogP) is 12.2. The topological polar surface area (TPSA) is 186 Å². The van der Waals surface area contributed by atoms with Gasteiger partial charge < -0.3 is 34.3 Å². The van der Waals surface area contributed by atoms with Crippen LogP contribution in [0, 0.1) is 0 Å². The summed E-state index contributed by atoms with van der Waals surface area (Å²) < 4.78 is 54.2. The van der Waals surface area contributed by atoms with Crippen molar-refractivity contribution in [1.29, 1.82) is 0 Å². The number of carbonyl (C=O) groups excluding carboxylic acids is 2. The lowest BCUT2D eigenvalue weighted by molar-refractivity contribution is -0.297. The van der Waals surface area contributed by atoms with Crippen LogP contribution in [0.5, 0.6) is 0 Å². The Kier molecular flexibility index (Phi) is 40.1. The van der Waals surface area contributed by atoms with Crippen LogP contribution in [0.2, 0.25) is 0 Å². The quantitative estimate of drug-likeness (QED) is 0.0196. The van der Waals surface area contributed by atoms with Gasteiger partial charge >= 0.3 is 11.9 Å². The average Bonchev–Trinajstić information content (AvgIpc) is 3.27. The lowest BCUT2D eigenvalue weighted by Crippen LogP contribution is -2.60. The fourth-order valence-electron chi connectivity index (χ4n) is 8.44. The van der Waals surface area contributed by atoms with E-state index in [4.69, 9.17) is 18.9 Å². The number of aliphatic hydroxyl groups is 3. The highest BCUT2D eigenvalue weighted by Crippen LogP contribution is 2.24. The van der Waals surface area contributed by atoms with Gasteiger partial charge in [0.05, 0.1) is 6.61 Å². The molecule has 384 valence electrons. The van der Waals surface area contributed by atoms with Gasteiger partial charge in [0.2, 0.25) is 0 Å². The summed E-state index contributed by atoms with van der Waals surface area (Å²) in [7, 11) is -4.60. The van der Waals surface area contributed by atoms with Crippen LogP contribution in [0.4, 0.5) is 0 Å². The third-order valence-corrected chi connectivity index (χ3v) is 13.3. The van der Waals surface area contributed by atoms with E-state index in [0.29, 0.717) is 12.8 Å². The Bertz CT molecular complexity index is 1250. The first kappa shape index (κ1) is 61.4. The number of aliphatic hydroxyl groups excluding tert-OH is 3. The van der Waals surface area contributed by atoms with Gasteiger partial charge in [0, 0.05) is 12.8 Å². The summed E-state index contributed by atoms with van der Waals surface area (Å²) in [6, 6.07) is 0. The smallest absolute Gasteiger partial charge is 0.306 e. The van der Waals surface area contributed by atoms with Crippen molar-refractivity contribution in [3.05, 3.63) is 12.2 Å². The molecule has 0 aliphatic carbocycles. The molecule has 0 spiro atoms. The zero-order valence-corrected chi connectivity index (χ0v) is 42.2. The van der Waals surface area contributed by atoms with Crippen molar-refractivity contribution in [2.45, 2.75) is 288 Å². The zero-order valence-electron chi connectivity index (χ0n) is 41.4. The van der Waals surface area contributed by atoms with E-state index in [1.54, 1.807) is 0 Å². The van der Waals surface area contributed by atoms with Gasteiger partial charge in [-0.25, -0.2) is 0 Å². The summed E-state index contributed by atoms with van der Waals surface area (Å²) in [5.74, 6) is -1.98. The summed E-state index contributed by atoms with van der Waals surface area (Å²) in [6.45, 7) is 3.79. The third-order valence-electron chi connectivity index (χ3n) is 12.6. The average molecular weight is 947 g/mol. The minimum absolute atomic E-state index is 0.149. The highest BCUT2D eigenvalue weighted by atomic mass is 32.2. The van der Waals surface area contributed by atoms with Gasteiger partial charge in [-0.1, -0.05) is 212 Å². The molecule has 0 radical (unpaired) electrons. The molecule has 65 heavy (non-hydrogen) atoms. The number of allylic oxidation sites excluding steroid dienone is 2. The molecule has 1 heterocycles. The minimum Gasteiger partial charge on any atom is -0.462 e. The van der Waals surface area contributed by atoms with Gasteiger partial charge in [-0.3, -0.25) is 14.1 Å². The molecule has 2 unspecified atom stereocenters. The Labute approximate surface area is 396 Å². The first-order valence-electron chi connectivity index (χ1n) is 26.7. The van der Waals surface area contributed by atoms with Gasteiger partial charge in [0.1, 0.15) is 36.8 Å². The van der Waals surface area contributed by atoms with Crippen molar-refractivity contribution in [2.75, 3.05) is 19.0 Å². The van der Waals surface area contributed by atoms with Crippen LogP contribution in [0.1, 0.15) is 251 Å². The highest BCUT2D eigenvalue weighted by Gasteiger charge is 2.46. The van der Waals surface area contributed by atoms with Gasteiger partial charge in [-0.15, -0.1) is 0 Å². The van der Waals surface area contributed by atoms with Gasteiger partial charge in [-0.05, 0) is 38.5 Å². The van der Waals surface area contributed by atoms with Crippen LogP contribution < -0.4 is 0 Å². The number of ether oxygens (including phenoxy) is 4. The molecule has 13 heteroatoms. The van der Waals surface area contributed by atoms with Crippen molar-refractivity contribution in [3.8, 4) is 0 Å². The molecule has 0 amide bonds. The van der Waals surface area contributed by atoms with Crippen LogP contribution in [0.25, 0.3) is 0 Å². The maximum atomic E-state index is 12.8. The van der Waals surface area contributed by atoms with E-state index < -0.39 is 71.2 Å². The van der Waals surface area contributed by atoms with Crippen LogP contribution in [-0.2, 0) is 38.7 Å². The molecule has 12 nitrogen and oxygen atoms in total. The molecular weight excluding hydrogens is 849 g/mol. The van der Waals surface area contributed by atoms with Crippen LogP contribution in [-0.4, -0.2) is 96.0 Å². The SMILES string of the molecule is CCCCCCCCCC/C=C/CCCCCC(=O)O[C@H](COC(=O)CCCCCCCCCCCCCCCCCCCCCCCC)CO[C@H]1O[C@H](CS(=O)(=O)O)[C@@H](O)C(O)C1O. The first-order chi connectivity index (χ1) is 31.5. The lowest BCUT2D eigenvalue weighted by Gasteiger charge is -2.40. The lowest BCUT2D eigenvalue weighted by atomic mass is 10.00. The Balaban J connectivity index is 2.32. The van der Waals surface area contributed by atoms with Crippen LogP contribution in [0.15, 0.2) is 12.2 Å². The normalized spacial score (nSPS) is 19.5. The fraction of sp³-hybridized carbons (Fsp3) is 0.923. The van der Waals surface area contributed by atoms with E-state index in [2.05, 4.69) is 26.0 Å². The van der Waals surface area contributed by atoms with E-state index in [9.17, 15) is 37.9 Å². The Morgan fingerprint density at radius 3 is 1.29 bits per heavy atom. The molecule has 1 aliphatic rings. The van der Waals surface area contributed by atoms with Crippen LogP contribution >= 0.6 is 0 Å². The first-order valence-corrected chi connectivity index (χ1v) is 28.4. The Morgan fingerprint density at radius 1 is 0.508 bits per heavy atom. The molecule has 0 aromatic carbocycles. The molecule has 0 aromatic rings. The summed E-state index contributed by atoms with van der Waals surface area (Å²) in [5.41, 5.74) is 0. The molecule has 1 saturated heterocycles. The highest BCUT2D eigenvalue weighted by molar-refractivity contribution is 7.85. The maximum absolute atomic E-state index is 12.8. The number of esters is 2.